The van der Waals surface area contributed by atoms with Gasteiger partial charge in [0.05, 0.1) is 11.1 Å². The summed E-state index contributed by atoms with van der Waals surface area (Å²) in [6, 6.07) is 8.32. The lowest BCUT2D eigenvalue weighted by Gasteiger charge is -2.32. The Morgan fingerprint density at radius 1 is 1.40 bits per heavy atom. The number of rotatable bonds is 2. The van der Waals surface area contributed by atoms with Crippen molar-refractivity contribution in [3.8, 4) is 6.07 Å². The third-order valence-corrected chi connectivity index (χ3v) is 5.33. The summed E-state index contributed by atoms with van der Waals surface area (Å²) in [5, 5.41) is 9.78. The van der Waals surface area contributed by atoms with Gasteiger partial charge in [0, 0.05) is 11.3 Å². The van der Waals surface area contributed by atoms with E-state index in [1.807, 2.05) is 23.9 Å². The van der Waals surface area contributed by atoms with Crippen LogP contribution >= 0.6 is 11.8 Å². The summed E-state index contributed by atoms with van der Waals surface area (Å²) in [6.45, 7) is 0. The van der Waals surface area contributed by atoms with Crippen molar-refractivity contribution < 1.29 is 0 Å². The Kier molecular flexibility index (Phi) is 3.58. The van der Waals surface area contributed by atoms with Crippen LogP contribution in [0.4, 0.5) is 5.95 Å². The fourth-order valence-electron chi connectivity index (χ4n) is 3.22. The molecule has 2 atom stereocenters. The van der Waals surface area contributed by atoms with Gasteiger partial charge >= 0.3 is 0 Å². The molecule has 104 valence electrons. The van der Waals surface area contributed by atoms with Gasteiger partial charge in [-0.05, 0) is 31.2 Å². The Morgan fingerprint density at radius 2 is 2.20 bits per heavy atom. The highest BCUT2D eigenvalue weighted by atomic mass is 32.2. The molecule has 1 aliphatic carbocycles. The topological polar surface area (TPSA) is 67.6 Å². The van der Waals surface area contributed by atoms with Gasteiger partial charge in [-0.2, -0.15) is 17.0 Å². The molecule has 3 rings (SSSR count). The molecule has 5 heteroatoms. The zero-order chi connectivity index (χ0) is 14.1. The van der Waals surface area contributed by atoms with Gasteiger partial charge in [-0.15, -0.1) is 0 Å². The number of nitriles is 1. The highest BCUT2D eigenvalue weighted by molar-refractivity contribution is 7.99. The Morgan fingerprint density at radius 3 is 2.95 bits per heavy atom. The Labute approximate surface area is 123 Å². The van der Waals surface area contributed by atoms with Gasteiger partial charge in [0.1, 0.15) is 11.6 Å². The van der Waals surface area contributed by atoms with E-state index in [-0.39, 0.29) is 0 Å². The number of hydrogen-bond donors (Lipinski definition) is 1. The lowest BCUT2D eigenvalue weighted by atomic mass is 9.94. The minimum Gasteiger partial charge on any atom is -0.369 e. The van der Waals surface area contributed by atoms with E-state index < -0.39 is 0 Å². The van der Waals surface area contributed by atoms with E-state index in [1.165, 1.54) is 19.3 Å². The van der Waals surface area contributed by atoms with Gasteiger partial charge in [-0.3, -0.25) is 0 Å². The zero-order valence-corrected chi connectivity index (χ0v) is 12.4. The van der Waals surface area contributed by atoms with Crippen molar-refractivity contribution in [3.63, 3.8) is 0 Å². The number of nitrogens with zero attached hydrogens (tertiary/aromatic N) is 3. The average Bonchev–Trinajstić information content (AvgIpc) is 2.82. The molecule has 1 aromatic carbocycles. The van der Waals surface area contributed by atoms with Crippen molar-refractivity contribution in [3.05, 3.63) is 23.8 Å². The van der Waals surface area contributed by atoms with Gasteiger partial charge in [0.15, 0.2) is 0 Å². The largest absolute Gasteiger partial charge is 0.369 e. The molecule has 0 saturated heterocycles. The molecule has 1 saturated carbocycles. The second-order valence-electron chi connectivity index (χ2n) is 5.25. The molecule has 4 nitrogen and oxygen atoms in total. The van der Waals surface area contributed by atoms with Crippen LogP contribution in [0.3, 0.4) is 0 Å². The third-order valence-electron chi connectivity index (χ3n) is 4.17. The summed E-state index contributed by atoms with van der Waals surface area (Å²) < 4.78 is 2.15. The van der Waals surface area contributed by atoms with Crippen molar-refractivity contribution in [2.24, 2.45) is 0 Å². The van der Waals surface area contributed by atoms with Gasteiger partial charge in [-0.25, -0.2) is 4.98 Å². The smallest absolute Gasteiger partial charge is 0.201 e. The van der Waals surface area contributed by atoms with Crippen molar-refractivity contribution in [1.29, 1.82) is 5.26 Å². The lowest BCUT2D eigenvalue weighted by molar-refractivity contribution is 0.374. The number of para-hydroxylation sites is 1. The van der Waals surface area contributed by atoms with Crippen molar-refractivity contribution >= 4 is 28.7 Å². The van der Waals surface area contributed by atoms with Crippen molar-refractivity contribution in [2.75, 3.05) is 12.0 Å². The van der Waals surface area contributed by atoms with Crippen LogP contribution in [0.25, 0.3) is 11.0 Å². The highest BCUT2D eigenvalue weighted by Crippen LogP contribution is 2.39. The Hall–Kier alpha value is -1.67. The van der Waals surface area contributed by atoms with Crippen LogP contribution in [-0.2, 0) is 0 Å². The van der Waals surface area contributed by atoms with E-state index in [9.17, 15) is 5.26 Å². The molecule has 0 spiro atoms. The first-order valence-electron chi connectivity index (χ1n) is 6.95. The maximum absolute atomic E-state index is 9.20. The number of anilines is 1. The lowest BCUT2D eigenvalue weighted by Crippen LogP contribution is -2.26. The van der Waals surface area contributed by atoms with Crippen molar-refractivity contribution in [2.45, 2.75) is 37.0 Å². The molecule has 1 aromatic heterocycles. The summed E-state index contributed by atoms with van der Waals surface area (Å²) in [4.78, 5) is 4.44. The van der Waals surface area contributed by atoms with Crippen LogP contribution in [0.1, 0.15) is 37.3 Å². The number of imidazole rings is 1. The Balaban J connectivity index is 2.16. The van der Waals surface area contributed by atoms with Crippen LogP contribution < -0.4 is 5.73 Å². The number of fused-ring (bicyclic) bond motifs is 1. The van der Waals surface area contributed by atoms with Crippen LogP contribution in [0.15, 0.2) is 18.2 Å². The zero-order valence-electron chi connectivity index (χ0n) is 11.5. The van der Waals surface area contributed by atoms with Gasteiger partial charge in [0.2, 0.25) is 5.95 Å². The predicted octanol–water partition coefficient (Wildman–Crippen LogP) is 3.34. The standard InChI is InChI=1S/C15H18N4S/c1-20-13-8-3-2-6-11(13)19-12-7-4-5-10(9-16)14(12)18-15(19)17/h4-5,7,11,13H,2-3,6,8H2,1H3,(H2,17,18). The summed E-state index contributed by atoms with van der Waals surface area (Å²) in [5.41, 5.74) is 8.49. The van der Waals surface area contributed by atoms with Crippen molar-refractivity contribution in [1.82, 2.24) is 9.55 Å². The molecular weight excluding hydrogens is 268 g/mol. The summed E-state index contributed by atoms with van der Waals surface area (Å²) in [6.07, 6.45) is 7.05. The SMILES string of the molecule is CSC1CCCCC1n1c(N)nc2c(C#N)cccc21. The molecule has 1 fully saturated rings. The van der Waals surface area contributed by atoms with Crippen LogP contribution in [0.5, 0.6) is 0 Å². The second-order valence-corrected chi connectivity index (χ2v) is 6.33. The molecule has 0 amide bonds. The normalized spacial score (nSPS) is 22.8. The second kappa shape index (κ2) is 5.37. The monoisotopic (exact) mass is 286 g/mol. The van der Waals surface area contributed by atoms with E-state index >= 15 is 0 Å². The maximum atomic E-state index is 9.20. The molecule has 20 heavy (non-hydrogen) atoms. The number of nitrogens with two attached hydrogens (primary N) is 1. The summed E-state index contributed by atoms with van der Waals surface area (Å²) in [5.74, 6) is 0.536. The molecule has 2 aromatic rings. The Bertz CT molecular complexity index is 670. The van der Waals surface area contributed by atoms with E-state index in [0.29, 0.717) is 22.8 Å². The number of thioether (sulfide) groups is 1. The maximum Gasteiger partial charge on any atom is 0.201 e. The molecule has 0 radical (unpaired) electrons. The fraction of sp³-hybridized carbons (Fsp3) is 0.467. The molecule has 2 unspecified atom stereocenters. The number of benzene rings is 1. The minimum absolute atomic E-state index is 0.387. The first kappa shape index (κ1) is 13.3. The fourth-order valence-corrected chi connectivity index (χ4v) is 4.20. The molecule has 0 bridgehead atoms. The van der Waals surface area contributed by atoms with E-state index in [0.717, 1.165) is 17.5 Å². The first-order valence-corrected chi connectivity index (χ1v) is 8.24. The number of hydrogen-bond acceptors (Lipinski definition) is 4. The van der Waals surface area contributed by atoms with E-state index in [4.69, 9.17) is 5.73 Å². The van der Waals surface area contributed by atoms with E-state index in [2.05, 4.69) is 21.9 Å². The summed E-state index contributed by atoms with van der Waals surface area (Å²) >= 11 is 1.91. The summed E-state index contributed by atoms with van der Waals surface area (Å²) in [7, 11) is 0. The molecule has 1 heterocycles. The number of aromatic nitrogens is 2. The third kappa shape index (κ3) is 2.04. The molecule has 2 N–H and O–H groups in total. The molecule has 1 aliphatic rings. The quantitative estimate of drug-likeness (QED) is 0.919. The van der Waals surface area contributed by atoms with Gasteiger partial charge in [-0.1, -0.05) is 18.9 Å². The van der Waals surface area contributed by atoms with Crippen LogP contribution in [0.2, 0.25) is 0 Å². The van der Waals surface area contributed by atoms with Crippen LogP contribution in [-0.4, -0.2) is 21.1 Å². The molecular formula is C15H18N4S. The first-order chi connectivity index (χ1) is 9.76. The van der Waals surface area contributed by atoms with Gasteiger partial charge in [0.25, 0.3) is 0 Å². The minimum atomic E-state index is 0.387. The average molecular weight is 286 g/mol. The van der Waals surface area contributed by atoms with Gasteiger partial charge < -0.3 is 10.3 Å². The molecule has 0 aliphatic heterocycles. The van der Waals surface area contributed by atoms with E-state index in [1.54, 1.807) is 6.07 Å². The van der Waals surface area contributed by atoms with Crippen LogP contribution in [0, 0.1) is 11.3 Å². The number of nitrogen functional groups attached to an aromatic ring is 1. The predicted molar refractivity (Wildman–Crippen MR) is 83.7 cm³/mol. The highest BCUT2D eigenvalue weighted by Gasteiger charge is 2.28.